The Bertz CT molecular complexity index is 176. The van der Waals surface area contributed by atoms with Crippen LogP contribution >= 0.6 is 0 Å². The van der Waals surface area contributed by atoms with Crippen molar-refractivity contribution in [3.63, 3.8) is 0 Å². The predicted octanol–water partition coefficient (Wildman–Crippen LogP) is 1.90. The second-order valence-electron chi connectivity index (χ2n) is 3.83. The van der Waals surface area contributed by atoms with E-state index in [1.165, 1.54) is 0 Å². The highest BCUT2D eigenvalue weighted by Crippen LogP contribution is 2.33. The van der Waals surface area contributed by atoms with Gasteiger partial charge in [-0.15, -0.1) is 0 Å². The van der Waals surface area contributed by atoms with Crippen LogP contribution in [-0.2, 0) is 9.47 Å². The van der Waals surface area contributed by atoms with Crippen LogP contribution in [0.5, 0.6) is 0 Å². The molecule has 12 heavy (non-hydrogen) atoms. The zero-order valence-electron chi connectivity index (χ0n) is 7.58. The summed E-state index contributed by atoms with van der Waals surface area (Å²) < 4.78 is 11.4. The van der Waals surface area contributed by atoms with Gasteiger partial charge in [0.25, 0.3) is 0 Å². The molecule has 0 N–H and O–H groups in total. The second kappa shape index (κ2) is 3.19. The Hall–Kier alpha value is -0.340. The van der Waals surface area contributed by atoms with Crippen LogP contribution < -0.4 is 0 Å². The maximum Gasteiger partial charge on any atom is 0.0946 e. The molecule has 0 aliphatic carbocycles. The zero-order chi connectivity index (χ0) is 8.44. The Kier molecular flexibility index (Phi) is 2.20. The molecule has 0 amide bonds. The van der Waals surface area contributed by atoms with Gasteiger partial charge in [0.15, 0.2) is 0 Å². The minimum Gasteiger partial charge on any atom is -0.375 e. The summed E-state index contributed by atoms with van der Waals surface area (Å²) in [4.78, 5) is 0. The van der Waals surface area contributed by atoms with Gasteiger partial charge < -0.3 is 9.47 Å². The number of hydrogen-bond acceptors (Lipinski definition) is 2. The summed E-state index contributed by atoms with van der Waals surface area (Å²) in [6.07, 6.45) is 8.01. The molecule has 0 saturated carbocycles. The molecule has 0 bridgehead atoms. The maximum absolute atomic E-state index is 5.81. The van der Waals surface area contributed by atoms with E-state index in [4.69, 9.17) is 9.47 Å². The summed E-state index contributed by atoms with van der Waals surface area (Å²) in [7, 11) is 0. The molecule has 0 aromatic rings. The van der Waals surface area contributed by atoms with Crippen LogP contribution in [0.3, 0.4) is 0 Å². The third kappa shape index (κ3) is 1.54. The Morgan fingerprint density at radius 1 is 1.42 bits per heavy atom. The Morgan fingerprint density at radius 3 is 3.08 bits per heavy atom. The van der Waals surface area contributed by atoms with Gasteiger partial charge >= 0.3 is 0 Å². The highest BCUT2D eigenvalue weighted by Gasteiger charge is 2.39. The molecule has 2 heteroatoms. The van der Waals surface area contributed by atoms with Gasteiger partial charge in [0.1, 0.15) is 0 Å². The van der Waals surface area contributed by atoms with Crippen LogP contribution in [0, 0.1) is 0 Å². The topological polar surface area (TPSA) is 18.5 Å². The summed E-state index contributed by atoms with van der Waals surface area (Å²) in [6.45, 7) is 3.67. The van der Waals surface area contributed by atoms with Crippen molar-refractivity contribution in [1.29, 1.82) is 0 Å². The summed E-state index contributed by atoms with van der Waals surface area (Å²) >= 11 is 0. The normalized spacial score (nSPS) is 41.9. The van der Waals surface area contributed by atoms with E-state index in [0.29, 0.717) is 6.10 Å². The first-order chi connectivity index (χ1) is 5.81. The van der Waals surface area contributed by atoms with E-state index in [1.807, 2.05) is 0 Å². The molecular weight excluding hydrogens is 152 g/mol. The van der Waals surface area contributed by atoms with E-state index in [-0.39, 0.29) is 5.60 Å². The van der Waals surface area contributed by atoms with E-state index in [2.05, 4.69) is 19.1 Å². The van der Waals surface area contributed by atoms with Crippen LogP contribution in [0.15, 0.2) is 12.2 Å². The minimum absolute atomic E-state index is 0.0446. The summed E-state index contributed by atoms with van der Waals surface area (Å²) in [5.41, 5.74) is 0.0446. The number of allylic oxidation sites excluding steroid dienone is 1. The zero-order valence-corrected chi connectivity index (χ0v) is 7.58. The average molecular weight is 168 g/mol. The molecule has 0 aromatic heterocycles. The molecule has 68 valence electrons. The third-order valence-electron chi connectivity index (χ3n) is 2.71. The molecule has 0 unspecified atom stereocenters. The Labute approximate surface area is 73.5 Å². The van der Waals surface area contributed by atoms with Crippen molar-refractivity contribution in [1.82, 2.24) is 0 Å². The first-order valence-electron chi connectivity index (χ1n) is 4.71. The maximum atomic E-state index is 5.81. The van der Waals surface area contributed by atoms with E-state index in [1.54, 1.807) is 0 Å². The average Bonchev–Trinajstić information content (AvgIpc) is 2.30. The molecule has 0 radical (unpaired) electrons. The third-order valence-corrected chi connectivity index (χ3v) is 2.71. The first-order valence-corrected chi connectivity index (χ1v) is 4.71. The predicted molar refractivity (Wildman–Crippen MR) is 47.1 cm³/mol. The SMILES string of the molecule is C[C@@H]1C[C@@]2(CCC=CCO2)CO1. The molecule has 1 saturated heterocycles. The fourth-order valence-electron chi connectivity index (χ4n) is 2.04. The van der Waals surface area contributed by atoms with Crippen molar-refractivity contribution >= 4 is 0 Å². The van der Waals surface area contributed by atoms with E-state index in [9.17, 15) is 0 Å². The quantitative estimate of drug-likeness (QED) is 0.514. The van der Waals surface area contributed by atoms with Gasteiger partial charge in [-0.3, -0.25) is 0 Å². The van der Waals surface area contributed by atoms with Crippen LogP contribution in [0.4, 0.5) is 0 Å². The number of ether oxygens (including phenoxy) is 2. The standard InChI is InChI=1S/C10H16O2/c1-9-7-10(8-11-9)5-3-2-4-6-12-10/h2,4,9H,3,5-8H2,1H3/t9-,10+/m1/s1. The van der Waals surface area contributed by atoms with Crippen molar-refractivity contribution in [2.75, 3.05) is 13.2 Å². The van der Waals surface area contributed by atoms with Crippen molar-refractivity contribution in [3.05, 3.63) is 12.2 Å². The molecule has 2 rings (SSSR count). The summed E-state index contributed by atoms with van der Waals surface area (Å²) in [5.74, 6) is 0. The van der Waals surface area contributed by atoms with Crippen LogP contribution in [0.1, 0.15) is 26.2 Å². The fourth-order valence-corrected chi connectivity index (χ4v) is 2.04. The Morgan fingerprint density at radius 2 is 2.33 bits per heavy atom. The van der Waals surface area contributed by atoms with Gasteiger partial charge in [0.05, 0.1) is 24.9 Å². The van der Waals surface area contributed by atoms with Gasteiger partial charge in [0.2, 0.25) is 0 Å². The number of rotatable bonds is 0. The lowest BCUT2D eigenvalue weighted by molar-refractivity contribution is -0.0386. The van der Waals surface area contributed by atoms with E-state index >= 15 is 0 Å². The van der Waals surface area contributed by atoms with Crippen LogP contribution in [-0.4, -0.2) is 24.9 Å². The molecule has 2 atom stereocenters. The highest BCUT2D eigenvalue weighted by molar-refractivity contribution is 4.96. The van der Waals surface area contributed by atoms with Crippen molar-refractivity contribution in [3.8, 4) is 0 Å². The van der Waals surface area contributed by atoms with Crippen molar-refractivity contribution < 1.29 is 9.47 Å². The van der Waals surface area contributed by atoms with Crippen LogP contribution in [0.2, 0.25) is 0 Å². The fraction of sp³-hybridized carbons (Fsp3) is 0.800. The van der Waals surface area contributed by atoms with Crippen molar-refractivity contribution in [2.45, 2.75) is 37.9 Å². The molecule has 0 aromatic carbocycles. The van der Waals surface area contributed by atoms with E-state index < -0.39 is 0 Å². The molecule has 2 aliphatic rings. The second-order valence-corrected chi connectivity index (χ2v) is 3.83. The molecule has 1 fully saturated rings. The minimum atomic E-state index is 0.0446. The molecular formula is C10H16O2. The molecule has 2 nitrogen and oxygen atoms in total. The number of hydrogen-bond donors (Lipinski definition) is 0. The van der Waals surface area contributed by atoms with Gasteiger partial charge in [-0.25, -0.2) is 0 Å². The monoisotopic (exact) mass is 168 g/mol. The van der Waals surface area contributed by atoms with Crippen LogP contribution in [0.25, 0.3) is 0 Å². The first kappa shape index (κ1) is 8.27. The lowest BCUT2D eigenvalue weighted by atomic mass is 9.95. The lowest BCUT2D eigenvalue weighted by Gasteiger charge is -2.25. The van der Waals surface area contributed by atoms with Gasteiger partial charge in [0, 0.05) is 6.42 Å². The summed E-state index contributed by atoms with van der Waals surface area (Å²) in [5, 5.41) is 0. The smallest absolute Gasteiger partial charge is 0.0946 e. The largest absolute Gasteiger partial charge is 0.375 e. The molecule has 2 heterocycles. The van der Waals surface area contributed by atoms with Gasteiger partial charge in [-0.2, -0.15) is 0 Å². The van der Waals surface area contributed by atoms with Gasteiger partial charge in [-0.05, 0) is 19.8 Å². The van der Waals surface area contributed by atoms with Gasteiger partial charge in [-0.1, -0.05) is 12.2 Å². The van der Waals surface area contributed by atoms with Crippen molar-refractivity contribution in [2.24, 2.45) is 0 Å². The molecule has 1 spiro atoms. The highest BCUT2D eigenvalue weighted by atomic mass is 16.6. The van der Waals surface area contributed by atoms with E-state index in [0.717, 1.165) is 32.5 Å². The molecule has 2 aliphatic heterocycles. The lowest BCUT2D eigenvalue weighted by Crippen LogP contribution is -2.32. The summed E-state index contributed by atoms with van der Waals surface area (Å²) in [6, 6.07) is 0. The Balaban J connectivity index is 2.01.